The molecule has 27 heteroatoms. The number of aliphatic hydroxyl groups is 1. The Morgan fingerprint density at radius 1 is 1.02 bits per heavy atom. The fourth-order valence-corrected chi connectivity index (χ4v) is 9.51. The van der Waals surface area contributed by atoms with E-state index in [4.69, 9.17) is 57.9 Å². The molecule has 3 aliphatic heterocycles. The van der Waals surface area contributed by atoms with Crippen LogP contribution in [0.5, 0.6) is 0 Å². The van der Waals surface area contributed by atoms with Crippen molar-refractivity contribution in [1.29, 1.82) is 0 Å². The monoisotopic (exact) mass is 726 g/mol. The van der Waals surface area contributed by atoms with Gasteiger partial charge in [-0.2, -0.15) is 9.67 Å². The first kappa shape index (κ1) is 31.2. The summed E-state index contributed by atoms with van der Waals surface area (Å²) in [5.41, 5.74) is 10.8. The first-order valence-electron chi connectivity index (χ1n) is 12.7. The van der Waals surface area contributed by atoms with Crippen LogP contribution in [0.15, 0.2) is 11.1 Å². The van der Waals surface area contributed by atoms with Crippen LogP contribution in [0.4, 0.5) is 16.2 Å². The van der Waals surface area contributed by atoms with Gasteiger partial charge in [0.1, 0.15) is 30.0 Å². The second-order valence-corrected chi connectivity index (χ2v) is 16.8. The standard InChI is InChI=1S/C18H21FN12O9P2S3/c19-6-10-4(38-16(6)30-13-7(26-28-30)12(20)22-3-23-13)1-36-41(34,43)40-11-9(32)5(2-37-42(35,44)39-10)45-17(11)31-14-8(27-29-31)15(33)25-18(21)24-14/h3-6,9-11,16-17,32H,1-2H2,(H,34,43)(H,35,44)(H2,20,22,23)(H3,21,24,25,33)/t4-,5-,6+,9-,10-,11-,16-,17-,41?,42?/m1/s1. The SMILES string of the molecule is Nc1nc2c(nnn2[C@@H]2S[C@@H]3COP(O)(=S)O[C@H]4[C@H](F)[C@H](n5nnc6c(N)ncnc65)O[C@@H]4COP(O)(=S)O[C@@H]2[C@@H]3O)c(=O)[nH]1. The minimum absolute atomic E-state index is 0.00268. The van der Waals surface area contributed by atoms with Crippen LogP contribution in [-0.4, -0.2) is 114 Å². The summed E-state index contributed by atoms with van der Waals surface area (Å²) < 4.78 is 46.4. The van der Waals surface area contributed by atoms with Crippen LogP contribution < -0.4 is 17.0 Å². The lowest BCUT2D eigenvalue weighted by atomic mass is 10.1. The van der Waals surface area contributed by atoms with Crippen molar-refractivity contribution in [2.75, 3.05) is 24.7 Å². The van der Waals surface area contributed by atoms with E-state index < -0.39 is 79.6 Å². The maximum absolute atomic E-state index is 16.0. The number of rotatable bonds is 2. The van der Waals surface area contributed by atoms with Crippen LogP contribution in [0, 0.1) is 0 Å². The molecule has 7 heterocycles. The van der Waals surface area contributed by atoms with Crippen LogP contribution in [0.2, 0.25) is 0 Å². The number of aromatic amines is 1. The molecule has 0 aliphatic carbocycles. The molecule has 242 valence electrons. The number of H-pyrrole nitrogens is 1. The molecule has 3 fully saturated rings. The molecule has 3 aliphatic rings. The number of anilines is 2. The molecule has 10 atom stereocenters. The van der Waals surface area contributed by atoms with Crippen molar-refractivity contribution in [2.45, 2.75) is 47.4 Å². The first-order valence-corrected chi connectivity index (χ1v) is 18.8. The Hall–Kier alpha value is -2.38. The lowest BCUT2D eigenvalue weighted by Gasteiger charge is -2.27. The number of nitrogen functional groups attached to an aromatic ring is 2. The molecule has 45 heavy (non-hydrogen) atoms. The van der Waals surface area contributed by atoms with Gasteiger partial charge in [-0.3, -0.25) is 18.8 Å². The maximum atomic E-state index is 16.0. The predicted octanol–water partition coefficient (Wildman–Crippen LogP) is -1.62. The van der Waals surface area contributed by atoms with E-state index >= 15 is 4.39 Å². The third kappa shape index (κ3) is 5.64. The predicted molar refractivity (Wildman–Crippen MR) is 158 cm³/mol. The van der Waals surface area contributed by atoms with Crippen LogP contribution in [-0.2, 0) is 46.4 Å². The lowest BCUT2D eigenvalue weighted by Crippen LogP contribution is -2.35. The average Bonchev–Trinajstić information content (AvgIpc) is 3.72. The molecule has 4 aromatic heterocycles. The fourth-order valence-electron chi connectivity index (χ4n) is 5.00. The summed E-state index contributed by atoms with van der Waals surface area (Å²) in [6.07, 6.45) is -8.19. The van der Waals surface area contributed by atoms with E-state index in [0.29, 0.717) is 0 Å². The van der Waals surface area contributed by atoms with Gasteiger partial charge in [0.15, 0.2) is 40.5 Å². The zero-order valence-corrected chi connectivity index (χ0v) is 26.3. The summed E-state index contributed by atoms with van der Waals surface area (Å²) in [7, 11) is 0. The summed E-state index contributed by atoms with van der Waals surface area (Å²) in [5.74, 6) is -0.227. The zero-order chi connectivity index (χ0) is 31.8. The summed E-state index contributed by atoms with van der Waals surface area (Å²) >= 11 is 11.4. The van der Waals surface area contributed by atoms with E-state index in [1.54, 1.807) is 0 Å². The molecule has 2 unspecified atom stereocenters. The van der Waals surface area contributed by atoms with Gasteiger partial charge in [0.2, 0.25) is 5.95 Å². The number of aliphatic hydroxyl groups excluding tert-OH is 1. The molecule has 0 radical (unpaired) electrons. The molecule has 4 aromatic rings. The van der Waals surface area contributed by atoms with Crippen molar-refractivity contribution in [2.24, 2.45) is 0 Å². The van der Waals surface area contributed by atoms with Gasteiger partial charge in [0.25, 0.3) is 5.56 Å². The average molecular weight is 727 g/mol. The summed E-state index contributed by atoms with van der Waals surface area (Å²) in [5, 5.41) is 24.8. The topological polar surface area (TPSA) is 292 Å². The van der Waals surface area contributed by atoms with Gasteiger partial charge < -0.3 is 40.1 Å². The Bertz CT molecular complexity index is 1950. The number of nitrogens with zero attached hydrogens (tertiary/aromatic N) is 9. The van der Waals surface area contributed by atoms with Crippen LogP contribution in [0.25, 0.3) is 22.3 Å². The molecular formula is C18H21FN12O9P2S3. The quantitative estimate of drug-likeness (QED) is 0.126. The normalized spacial score (nSPS) is 37.7. The highest BCUT2D eigenvalue weighted by Gasteiger charge is 2.53. The van der Waals surface area contributed by atoms with Gasteiger partial charge in [-0.25, -0.2) is 19.0 Å². The number of halogens is 1. The van der Waals surface area contributed by atoms with Gasteiger partial charge in [-0.15, -0.1) is 22.0 Å². The van der Waals surface area contributed by atoms with Gasteiger partial charge in [-0.05, 0) is 23.6 Å². The van der Waals surface area contributed by atoms with Crippen molar-refractivity contribution in [3.05, 3.63) is 16.7 Å². The molecule has 0 amide bonds. The number of hydrogen-bond acceptors (Lipinski definition) is 19. The van der Waals surface area contributed by atoms with E-state index in [0.717, 1.165) is 22.8 Å². The Kier molecular flexibility index (Phi) is 7.91. The molecule has 8 N–H and O–H groups in total. The van der Waals surface area contributed by atoms with Gasteiger partial charge in [0, 0.05) is 0 Å². The largest absolute Gasteiger partial charge is 0.389 e. The second kappa shape index (κ2) is 11.4. The molecule has 2 bridgehead atoms. The van der Waals surface area contributed by atoms with Crippen LogP contribution in [0.1, 0.15) is 11.6 Å². The third-order valence-corrected chi connectivity index (χ3v) is 11.6. The Labute approximate surface area is 263 Å². The number of fused-ring (bicyclic) bond motifs is 5. The Morgan fingerprint density at radius 3 is 2.49 bits per heavy atom. The van der Waals surface area contributed by atoms with Crippen molar-refractivity contribution in [3.63, 3.8) is 0 Å². The molecule has 7 rings (SSSR count). The minimum atomic E-state index is -4.25. The van der Waals surface area contributed by atoms with Crippen molar-refractivity contribution >= 4 is 82.9 Å². The third-order valence-electron chi connectivity index (χ3n) is 7.02. The smallest absolute Gasteiger partial charge is 0.325 e. The fraction of sp³-hybridized carbons (Fsp3) is 0.556. The van der Waals surface area contributed by atoms with E-state index in [1.807, 2.05) is 0 Å². The van der Waals surface area contributed by atoms with Gasteiger partial charge in [-0.1, -0.05) is 10.4 Å². The minimum Gasteiger partial charge on any atom is -0.389 e. The number of aromatic nitrogens is 10. The van der Waals surface area contributed by atoms with Crippen molar-refractivity contribution in [1.82, 2.24) is 49.9 Å². The number of alkyl halides is 1. The highest BCUT2D eigenvalue weighted by molar-refractivity contribution is 8.07. The van der Waals surface area contributed by atoms with E-state index in [-0.39, 0.29) is 34.1 Å². The Morgan fingerprint density at radius 2 is 1.71 bits per heavy atom. The summed E-state index contributed by atoms with van der Waals surface area (Å²) in [6, 6.07) is 0. The number of nitrogens with one attached hydrogen (secondary N) is 1. The van der Waals surface area contributed by atoms with Crippen molar-refractivity contribution < 1.29 is 42.1 Å². The number of hydrogen-bond donors (Lipinski definition) is 6. The summed E-state index contributed by atoms with van der Waals surface area (Å²) in [6.45, 7) is -9.54. The lowest BCUT2D eigenvalue weighted by molar-refractivity contribution is -0.0503. The Balaban J connectivity index is 1.21. The molecular weight excluding hydrogens is 705 g/mol. The second-order valence-electron chi connectivity index (χ2n) is 9.86. The first-order chi connectivity index (χ1) is 21.3. The van der Waals surface area contributed by atoms with E-state index in [2.05, 4.69) is 40.6 Å². The van der Waals surface area contributed by atoms with Crippen molar-refractivity contribution in [3.8, 4) is 0 Å². The highest BCUT2D eigenvalue weighted by atomic mass is 32.5. The number of nitrogens with two attached hydrogens (primary N) is 2. The van der Waals surface area contributed by atoms with Crippen LogP contribution in [0.3, 0.4) is 0 Å². The van der Waals surface area contributed by atoms with Gasteiger partial charge >= 0.3 is 13.4 Å². The van der Waals surface area contributed by atoms with E-state index in [1.165, 1.54) is 4.68 Å². The molecule has 0 aromatic carbocycles. The zero-order valence-electron chi connectivity index (χ0n) is 22.1. The molecule has 0 spiro atoms. The molecule has 0 saturated carbocycles. The highest BCUT2D eigenvalue weighted by Crippen LogP contribution is 2.56. The maximum Gasteiger partial charge on any atom is 0.325 e. The van der Waals surface area contributed by atoms with Gasteiger partial charge in [0.05, 0.1) is 24.6 Å². The molecule has 3 saturated heterocycles. The van der Waals surface area contributed by atoms with E-state index in [9.17, 15) is 19.7 Å². The summed E-state index contributed by atoms with van der Waals surface area (Å²) in [4.78, 5) is 48.6. The molecule has 21 nitrogen and oxygen atoms in total. The van der Waals surface area contributed by atoms with Crippen LogP contribution >= 0.6 is 25.2 Å². The number of thioether (sulfide) groups is 1. The number of ether oxygens (including phenoxy) is 1.